The van der Waals surface area contributed by atoms with Crippen molar-refractivity contribution in [1.82, 2.24) is 24.0 Å². The maximum absolute atomic E-state index is 12.7. The minimum Gasteiger partial charge on any atom is -0.444 e. The van der Waals surface area contributed by atoms with E-state index in [2.05, 4.69) is 10.3 Å². The maximum Gasteiger partial charge on any atom is 0.408 e. The number of carbonyl (C=O) groups is 1. The highest BCUT2D eigenvalue weighted by molar-refractivity contribution is 5.70. The number of hydrogen-bond acceptors (Lipinski definition) is 5. The molecule has 2 aromatic heterocycles. The number of alkyl carbamates (subject to hydrolysis) is 1. The summed E-state index contributed by atoms with van der Waals surface area (Å²) in [6.45, 7) is 13.1. The lowest BCUT2D eigenvalue weighted by Gasteiger charge is -2.37. The molecule has 0 aliphatic heterocycles. The highest BCUT2D eigenvalue weighted by Gasteiger charge is 2.34. The Labute approximate surface area is 164 Å². The van der Waals surface area contributed by atoms with E-state index in [0.717, 1.165) is 4.57 Å². The van der Waals surface area contributed by atoms with E-state index >= 15 is 0 Å². The Kier molecular flexibility index (Phi) is 5.27. The van der Waals surface area contributed by atoms with E-state index in [1.54, 1.807) is 38.7 Å². The van der Waals surface area contributed by atoms with Gasteiger partial charge < -0.3 is 14.6 Å². The van der Waals surface area contributed by atoms with Gasteiger partial charge in [0, 0.05) is 25.2 Å². The van der Waals surface area contributed by atoms with Crippen LogP contribution in [-0.4, -0.2) is 35.9 Å². The third-order valence-corrected chi connectivity index (χ3v) is 4.51. The second-order valence-electron chi connectivity index (χ2n) is 9.49. The molecule has 0 unspecified atom stereocenters. The van der Waals surface area contributed by atoms with Gasteiger partial charge in [0.15, 0.2) is 11.2 Å². The fourth-order valence-electron chi connectivity index (χ4n) is 3.59. The first-order valence-electron chi connectivity index (χ1n) is 9.20. The van der Waals surface area contributed by atoms with Crippen molar-refractivity contribution in [1.29, 1.82) is 0 Å². The van der Waals surface area contributed by atoms with Crippen LogP contribution in [0.5, 0.6) is 0 Å². The van der Waals surface area contributed by atoms with Crippen molar-refractivity contribution in [2.24, 2.45) is 14.1 Å². The first-order chi connectivity index (χ1) is 12.6. The Morgan fingerprint density at radius 2 is 1.64 bits per heavy atom. The van der Waals surface area contributed by atoms with Crippen molar-refractivity contribution in [2.45, 2.75) is 71.6 Å². The van der Waals surface area contributed by atoms with Gasteiger partial charge in [0.2, 0.25) is 0 Å². The second kappa shape index (κ2) is 6.79. The van der Waals surface area contributed by atoms with E-state index in [0.29, 0.717) is 17.6 Å². The molecular weight excluding hydrogens is 362 g/mol. The van der Waals surface area contributed by atoms with Gasteiger partial charge in [-0.1, -0.05) is 0 Å². The van der Waals surface area contributed by atoms with Gasteiger partial charge in [-0.3, -0.25) is 13.9 Å². The maximum atomic E-state index is 12.7. The van der Waals surface area contributed by atoms with Crippen LogP contribution in [0.1, 0.15) is 54.9 Å². The molecule has 9 nitrogen and oxygen atoms in total. The molecule has 9 heteroatoms. The zero-order chi connectivity index (χ0) is 21.7. The van der Waals surface area contributed by atoms with Crippen LogP contribution in [0.4, 0.5) is 4.79 Å². The molecule has 28 heavy (non-hydrogen) atoms. The normalized spacial score (nSPS) is 13.0. The molecule has 0 fully saturated rings. The molecule has 0 spiro atoms. The number of nitrogens with zero attached hydrogens (tertiary/aromatic N) is 4. The van der Waals surface area contributed by atoms with Crippen LogP contribution < -0.4 is 16.6 Å². The van der Waals surface area contributed by atoms with E-state index in [9.17, 15) is 14.4 Å². The van der Waals surface area contributed by atoms with Crippen molar-refractivity contribution in [3.05, 3.63) is 27.2 Å². The molecule has 2 heterocycles. The van der Waals surface area contributed by atoms with Gasteiger partial charge in [0.1, 0.15) is 5.60 Å². The molecule has 0 aliphatic carbocycles. The summed E-state index contributed by atoms with van der Waals surface area (Å²) < 4.78 is 9.54. The predicted octanol–water partition coefficient (Wildman–Crippen LogP) is 1.86. The molecular formula is C19H31N5O4. The SMILES string of the molecule is Cn1c(=O)c2c(ncn2C(C)(C)CC(C)(C)NC(=O)OC(C)(C)C)n(C)c1=O. The Hall–Kier alpha value is -2.58. The van der Waals surface area contributed by atoms with Crippen LogP contribution in [0, 0.1) is 0 Å². The van der Waals surface area contributed by atoms with Gasteiger partial charge in [-0.25, -0.2) is 14.6 Å². The lowest BCUT2D eigenvalue weighted by molar-refractivity contribution is 0.0449. The summed E-state index contributed by atoms with van der Waals surface area (Å²) in [7, 11) is 3.03. The van der Waals surface area contributed by atoms with Crippen LogP contribution in [0.15, 0.2) is 15.9 Å². The van der Waals surface area contributed by atoms with Crippen molar-refractivity contribution in [3.63, 3.8) is 0 Å². The predicted molar refractivity (Wildman–Crippen MR) is 108 cm³/mol. The number of aryl methyl sites for hydroxylation is 1. The number of rotatable bonds is 4. The van der Waals surface area contributed by atoms with E-state index in [-0.39, 0.29) is 0 Å². The number of ether oxygens (including phenoxy) is 1. The number of hydrogen-bond donors (Lipinski definition) is 1. The summed E-state index contributed by atoms with van der Waals surface area (Å²) in [4.78, 5) is 41.4. The lowest BCUT2D eigenvalue weighted by Crippen LogP contribution is -2.50. The summed E-state index contributed by atoms with van der Waals surface area (Å²) in [5.74, 6) is 0. The van der Waals surface area contributed by atoms with Crippen LogP contribution >= 0.6 is 0 Å². The molecule has 2 aromatic rings. The molecule has 1 N–H and O–H groups in total. The summed E-state index contributed by atoms with van der Waals surface area (Å²) in [5, 5.41) is 2.89. The van der Waals surface area contributed by atoms with Gasteiger partial charge in [-0.15, -0.1) is 0 Å². The van der Waals surface area contributed by atoms with E-state index in [4.69, 9.17) is 4.74 Å². The molecule has 0 atom stereocenters. The average Bonchev–Trinajstić information content (AvgIpc) is 2.93. The topological polar surface area (TPSA) is 100 Å². The average molecular weight is 393 g/mol. The summed E-state index contributed by atoms with van der Waals surface area (Å²) in [6.07, 6.45) is 1.56. The van der Waals surface area contributed by atoms with Crippen LogP contribution in [0.2, 0.25) is 0 Å². The molecule has 0 saturated heterocycles. The Morgan fingerprint density at radius 1 is 1.07 bits per heavy atom. The summed E-state index contributed by atoms with van der Waals surface area (Å²) in [6, 6.07) is 0. The smallest absolute Gasteiger partial charge is 0.408 e. The largest absolute Gasteiger partial charge is 0.444 e. The molecule has 2 rings (SSSR count). The highest BCUT2D eigenvalue weighted by Crippen LogP contribution is 2.29. The zero-order valence-electron chi connectivity index (χ0n) is 18.2. The fourth-order valence-corrected chi connectivity index (χ4v) is 3.59. The first-order valence-corrected chi connectivity index (χ1v) is 9.20. The van der Waals surface area contributed by atoms with Crippen molar-refractivity contribution in [3.8, 4) is 0 Å². The Balaban J connectivity index is 2.41. The molecule has 0 bridgehead atoms. The van der Waals surface area contributed by atoms with Crippen LogP contribution in [-0.2, 0) is 24.4 Å². The quantitative estimate of drug-likeness (QED) is 0.855. The third kappa shape index (κ3) is 4.28. The van der Waals surface area contributed by atoms with Gasteiger partial charge >= 0.3 is 11.8 Å². The molecule has 0 aliphatic rings. The van der Waals surface area contributed by atoms with Gasteiger partial charge in [-0.2, -0.15) is 0 Å². The third-order valence-electron chi connectivity index (χ3n) is 4.51. The first kappa shape index (κ1) is 21.7. The standard InChI is InChI=1S/C19H31N5O4/c1-17(2,3)28-15(26)21-18(4,5)10-19(6,7)24-11-20-13-12(24)14(25)23(9)16(27)22(13)8/h11H,10H2,1-9H3,(H,21,26). The molecule has 0 radical (unpaired) electrons. The Bertz CT molecular complexity index is 1020. The van der Waals surface area contributed by atoms with Gasteiger partial charge in [0.25, 0.3) is 5.56 Å². The zero-order valence-corrected chi connectivity index (χ0v) is 18.2. The summed E-state index contributed by atoms with van der Waals surface area (Å²) >= 11 is 0. The highest BCUT2D eigenvalue weighted by atomic mass is 16.6. The molecule has 0 saturated carbocycles. The lowest BCUT2D eigenvalue weighted by atomic mass is 9.86. The van der Waals surface area contributed by atoms with Gasteiger partial charge in [-0.05, 0) is 54.9 Å². The fraction of sp³-hybridized carbons (Fsp3) is 0.684. The van der Waals surface area contributed by atoms with E-state index in [1.807, 2.05) is 27.7 Å². The van der Waals surface area contributed by atoms with Crippen molar-refractivity contribution >= 4 is 17.3 Å². The number of imidazole rings is 1. The van der Waals surface area contributed by atoms with Gasteiger partial charge in [0.05, 0.1) is 6.33 Å². The molecule has 1 amide bonds. The molecule has 156 valence electrons. The number of nitrogens with one attached hydrogen (secondary N) is 1. The Morgan fingerprint density at radius 3 is 2.18 bits per heavy atom. The second-order valence-corrected chi connectivity index (χ2v) is 9.49. The van der Waals surface area contributed by atoms with Crippen molar-refractivity contribution in [2.75, 3.05) is 0 Å². The van der Waals surface area contributed by atoms with E-state index in [1.165, 1.54) is 11.6 Å². The van der Waals surface area contributed by atoms with E-state index < -0.39 is 34.0 Å². The summed E-state index contributed by atoms with van der Waals surface area (Å²) in [5.41, 5.74) is -1.92. The van der Waals surface area contributed by atoms with Crippen molar-refractivity contribution < 1.29 is 9.53 Å². The number of amides is 1. The monoisotopic (exact) mass is 393 g/mol. The minimum absolute atomic E-state index is 0.332. The number of fused-ring (bicyclic) bond motifs is 1. The minimum atomic E-state index is -0.617. The van der Waals surface area contributed by atoms with Crippen LogP contribution in [0.3, 0.4) is 0 Å². The number of carbonyl (C=O) groups excluding carboxylic acids is 1. The van der Waals surface area contributed by atoms with Crippen LogP contribution in [0.25, 0.3) is 11.2 Å². The number of aromatic nitrogens is 4. The molecule has 0 aromatic carbocycles.